The monoisotopic (exact) mass is 640 g/mol. The Labute approximate surface area is 259 Å². The molecule has 2 saturated carbocycles. The summed E-state index contributed by atoms with van der Waals surface area (Å²) in [6, 6.07) is 0. The third kappa shape index (κ3) is 6.09. The quantitative estimate of drug-likeness (QED) is 0.0744. The van der Waals surface area contributed by atoms with Crippen LogP contribution in [0.2, 0.25) is 0 Å². The summed E-state index contributed by atoms with van der Waals surface area (Å²) in [5.74, 6) is -3.57. The number of rotatable bonds is 13. The molecule has 0 bridgehead atoms. The fourth-order valence-corrected chi connectivity index (χ4v) is 8.01. The molecule has 4 aliphatic rings. The number of fused-ring (bicyclic) bond motifs is 5. The number of ether oxygens (including phenoxy) is 2. The maximum absolute atomic E-state index is 17.2. The molecule has 0 heterocycles. The zero-order valence-corrected chi connectivity index (χ0v) is 25.4. The van der Waals surface area contributed by atoms with Gasteiger partial charge in [-0.05, 0) is 57.4 Å². The van der Waals surface area contributed by atoms with Gasteiger partial charge in [-0.2, -0.15) is 0 Å². The molecule has 0 saturated heterocycles. The van der Waals surface area contributed by atoms with Crippen molar-refractivity contribution in [3.63, 3.8) is 0 Å². The third-order valence-corrected chi connectivity index (χ3v) is 10.5. The summed E-state index contributed by atoms with van der Waals surface area (Å²) in [5.41, 5.74) is -6.85. The van der Waals surface area contributed by atoms with E-state index in [9.17, 15) is 44.6 Å². The van der Waals surface area contributed by atoms with E-state index in [1.165, 1.54) is 19.1 Å². The summed E-state index contributed by atoms with van der Waals surface area (Å²) >= 11 is 0. The molecule has 45 heavy (non-hydrogen) atoms. The van der Waals surface area contributed by atoms with Gasteiger partial charge in [0.25, 0.3) is 5.09 Å². The summed E-state index contributed by atoms with van der Waals surface area (Å²) < 4.78 is 27.1. The highest BCUT2D eigenvalue weighted by molar-refractivity contribution is 5.94. The molecule has 250 valence electrons. The number of alkyl carbamates (subject to hydrolysis) is 1. The molecule has 1 amide bonds. The molecule has 4 rings (SSSR count). The lowest BCUT2D eigenvalue weighted by atomic mass is 9.45. The van der Waals surface area contributed by atoms with Gasteiger partial charge in [0, 0.05) is 23.2 Å². The topological polar surface area (TPSA) is 212 Å². The van der Waals surface area contributed by atoms with E-state index in [2.05, 4.69) is 10.2 Å². The maximum atomic E-state index is 17.2. The van der Waals surface area contributed by atoms with Gasteiger partial charge in [-0.15, -0.1) is 10.1 Å². The van der Waals surface area contributed by atoms with Crippen LogP contribution in [-0.2, 0) is 28.7 Å². The molecule has 2 fully saturated rings. The first kappa shape index (κ1) is 34.4. The van der Waals surface area contributed by atoms with Gasteiger partial charge in [0.15, 0.2) is 23.7 Å². The van der Waals surface area contributed by atoms with Crippen LogP contribution in [0, 0.1) is 32.8 Å². The van der Waals surface area contributed by atoms with Crippen LogP contribution in [0.3, 0.4) is 0 Å². The number of aliphatic hydroxyl groups is 3. The lowest BCUT2D eigenvalue weighted by Gasteiger charge is -2.61. The number of esters is 1. The fourth-order valence-electron chi connectivity index (χ4n) is 8.01. The summed E-state index contributed by atoms with van der Waals surface area (Å²) in [5, 5.41) is 45.4. The number of allylic oxidation sites excluding steroid dienone is 4. The molecular formula is C30H41FN2O12. The van der Waals surface area contributed by atoms with Gasteiger partial charge in [0.2, 0.25) is 5.78 Å². The number of Topliss-reactive ketones (excluding diaryl/α,β-unsaturated/α-hetero) is 1. The molecular weight excluding hydrogens is 599 g/mol. The molecule has 0 aromatic rings. The zero-order chi connectivity index (χ0) is 33.2. The molecule has 0 aliphatic heterocycles. The molecule has 4 N–H and O–H groups in total. The number of hydrogen-bond acceptors (Lipinski definition) is 12. The second kappa shape index (κ2) is 13.1. The van der Waals surface area contributed by atoms with Crippen molar-refractivity contribution in [2.45, 2.75) is 88.7 Å². The predicted octanol–water partition coefficient (Wildman–Crippen LogP) is 1.67. The number of ketones is 2. The van der Waals surface area contributed by atoms with E-state index < -0.39 is 82.2 Å². The number of nitrogens with one attached hydrogen (secondary N) is 1. The van der Waals surface area contributed by atoms with Crippen molar-refractivity contribution in [3.8, 4) is 0 Å². The number of aliphatic hydroxyl groups excluding tert-OH is 2. The Balaban J connectivity index is 1.30. The Kier molecular flexibility index (Phi) is 10.0. The van der Waals surface area contributed by atoms with E-state index in [4.69, 9.17) is 9.47 Å². The smallest absolute Gasteiger partial charge is 0.408 e. The van der Waals surface area contributed by atoms with Crippen LogP contribution in [0.5, 0.6) is 0 Å². The second-order valence-corrected chi connectivity index (χ2v) is 12.8. The average molecular weight is 641 g/mol. The van der Waals surface area contributed by atoms with Gasteiger partial charge in [0.1, 0.15) is 6.54 Å². The minimum Gasteiger partial charge on any atom is -0.464 e. The van der Waals surface area contributed by atoms with E-state index in [1.54, 1.807) is 13.0 Å². The van der Waals surface area contributed by atoms with E-state index in [-0.39, 0.29) is 44.7 Å². The summed E-state index contributed by atoms with van der Waals surface area (Å²) in [6.07, 6.45) is 2.10. The van der Waals surface area contributed by atoms with E-state index in [1.807, 2.05) is 0 Å². The van der Waals surface area contributed by atoms with Crippen LogP contribution in [-0.4, -0.2) is 93.9 Å². The molecule has 0 unspecified atom stereocenters. The Morgan fingerprint density at radius 3 is 2.47 bits per heavy atom. The average Bonchev–Trinajstić information content (AvgIpc) is 3.18. The number of carbonyl (C=O) groups excluding carboxylic acids is 4. The molecule has 15 heteroatoms. The Hall–Kier alpha value is -3.43. The lowest BCUT2D eigenvalue weighted by molar-refractivity contribution is -0.757. The number of amides is 1. The van der Waals surface area contributed by atoms with Gasteiger partial charge >= 0.3 is 12.1 Å². The third-order valence-electron chi connectivity index (χ3n) is 10.5. The summed E-state index contributed by atoms with van der Waals surface area (Å²) in [4.78, 5) is 63.8. The van der Waals surface area contributed by atoms with Crippen molar-refractivity contribution >= 4 is 23.6 Å². The van der Waals surface area contributed by atoms with Crippen molar-refractivity contribution in [3.05, 3.63) is 33.9 Å². The van der Waals surface area contributed by atoms with Gasteiger partial charge in [-0.1, -0.05) is 31.1 Å². The van der Waals surface area contributed by atoms with Crippen LogP contribution < -0.4 is 5.32 Å². The van der Waals surface area contributed by atoms with Gasteiger partial charge in [-0.25, -0.2) is 9.18 Å². The number of unbranched alkanes of at least 4 members (excludes halogenated alkanes) is 3. The minimum absolute atomic E-state index is 0.0159. The molecule has 4 aliphatic carbocycles. The van der Waals surface area contributed by atoms with Gasteiger partial charge < -0.3 is 34.9 Å². The van der Waals surface area contributed by atoms with Crippen LogP contribution in [0.25, 0.3) is 0 Å². The number of carbonyl (C=O) groups is 4. The van der Waals surface area contributed by atoms with Gasteiger partial charge in [0.05, 0.1) is 25.4 Å². The Morgan fingerprint density at radius 2 is 1.78 bits per heavy atom. The fraction of sp³-hybridized carbons (Fsp3) is 0.733. The van der Waals surface area contributed by atoms with E-state index >= 15 is 4.39 Å². The van der Waals surface area contributed by atoms with Crippen molar-refractivity contribution in [2.24, 2.45) is 22.7 Å². The normalized spacial score (nSPS) is 36.6. The van der Waals surface area contributed by atoms with Crippen LogP contribution >= 0.6 is 0 Å². The zero-order valence-electron chi connectivity index (χ0n) is 25.4. The van der Waals surface area contributed by atoms with Crippen LogP contribution in [0.4, 0.5) is 9.18 Å². The number of hydrogen-bond donors (Lipinski definition) is 4. The maximum Gasteiger partial charge on any atom is 0.408 e. The largest absolute Gasteiger partial charge is 0.464 e. The number of alkyl halides is 1. The van der Waals surface area contributed by atoms with Gasteiger partial charge in [-0.3, -0.25) is 14.4 Å². The predicted molar refractivity (Wildman–Crippen MR) is 151 cm³/mol. The van der Waals surface area contributed by atoms with Crippen molar-refractivity contribution < 1.29 is 58.3 Å². The van der Waals surface area contributed by atoms with Crippen LogP contribution in [0.1, 0.15) is 65.2 Å². The molecule has 0 radical (unpaired) electrons. The highest BCUT2D eigenvalue weighted by Crippen LogP contribution is 2.69. The Bertz CT molecular complexity index is 1270. The van der Waals surface area contributed by atoms with Crippen molar-refractivity contribution in [1.82, 2.24) is 5.32 Å². The highest BCUT2D eigenvalue weighted by Gasteiger charge is 2.76. The lowest BCUT2D eigenvalue weighted by Crippen LogP contribution is -2.69. The molecule has 14 nitrogen and oxygen atoms in total. The molecule has 0 spiro atoms. The van der Waals surface area contributed by atoms with E-state index in [0.717, 1.165) is 0 Å². The second-order valence-electron chi connectivity index (χ2n) is 12.8. The summed E-state index contributed by atoms with van der Waals surface area (Å²) in [7, 11) is 0. The molecule has 0 aromatic heterocycles. The van der Waals surface area contributed by atoms with E-state index in [0.29, 0.717) is 31.3 Å². The summed E-state index contributed by atoms with van der Waals surface area (Å²) in [6.45, 7) is 1.69. The Morgan fingerprint density at radius 1 is 1.09 bits per heavy atom. The standard InChI is InChI=1S/C30H41FN2O12/c1-27-10-9-19(34)13-18(27)7-8-20-21-14-22(35)30(40,28(21,2)15-23(36)29(20,27)31)24(37)17-44-26(39)32-16-25(38)43-11-5-3-4-6-12-45-33(41)42/h7,9-10,20-23,35-36,40H,3-6,8,11-17H2,1-2H3,(H,32,39)/t20-,21-,22+,23-,27-,28-,29-,30-/m0/s1. The minimum atomic E-state index is -2.46. The first-order valence-electron chi connectivity index (χ1n) is 15.2. The molecule has 8 atom stereocenters. The first-order valence-corrected chi connectivity index (χ1v) is 15.2. The number of halogens is 1. The first-order chi connectivity index (χ1) is 21.1. The van der Waals surface area contributed by atoms with Crippen LogP contribution in [0.15, 0.2) is 23.8 Å². The number of nitrogens with zero attached hydrogens (tertiary/aromatic N) is 1. The van der Waals surface area contributed by atoms with Crippen molar-refractivity contribution in [2.75, 3.05) is 26.4 Å². The van der Waals surface area contributed by atoms with Crippen molar-refractivity contribution in [1.29, 1.82) is 0 Å². The highest BCUT2D eigenvalue weighted by atomic mass is 19.1. The molecule has 0 aromatic carbocycles. The SMILES string of the molecule is C[C@]12C=CC(=O)CC1=CC[C@H]1[C@@H]3C[C@@H](O)[C@](O)(C(=O)COC(=O)NCC(=O)OCCCCCCO[N+](=O)[O-])[C@@]3(C)C[C@H](O)[C@@]12F.